The monoisotopic (exact) mass is 382 g/mol. The van der Waals surface area contributed by atoms with Crippen LogP contribution in [0.15, 0.2) is 30.3 Å². The van der Waals surface area contributed by atoms with Crippen LogP contribution < -0.4 is 9.46 Å². The number of halogens is 2. The van der Waals surface area contributed by atoms with Gasteiger partial charge in [0.15, 0.2) is 5.75 Å². The molecule has 2 atom stereocenters. The van der Waals surface area contributed by atoms with Crippen molar-refractivity contribution < 1.29 is 13.3 Å². The second-order valence-corrected chi connectivity index (χ2v) is 9.63. The molecule has 4 nitrogen and oxygen atoms in total. The average Bonchev–Trinajstić information content (AvgIpc) is 2.83. The molecule has 0 fully saturated rings. The Morgan fingerprint density at radius 3 is 2.56 bits per heavy atom. The van der Waals surface area contributed by atoms with E-state index in [1.54, 1.807) is 18.2 Å². The van der Waals surface area contributed by atoms with Crippen LogP contribution in [0, 0.1) is 5.82 Å². The van der Waals surface area contributed by atoms with Gasteiger partial charge >= 0.3 is 0 Å². The van der Waals surface area contributed by atoms with Crippen molar-refractivity contribution in [3.05, 3.63) is 46.9 Å². The van der Waals surface area contributed by atoms with Gasteiger partial charge in [-0.1, -0.05) is 11.6 Å². The summed E-state index contributed by atoms with van der Waals surface area (Å²) < 4.78 is 34.4. The summed E-state index contributed by atoms with van der Waals surface area (Å²) >= 11 is 6.22. The van der Waals surface area contributed by atoms with Crippen molar-refractivity contribution in [1.82, 2.24) is 9.71 Å². The molecule has 0 saturated heterocycles. The molecule has 1 N–H and O–H groups in total. The van der Waals surface area contributed by atoms with E-state index in [0.717, 1.165) is 5.56 Å². The first-order valence-corrected chi connectivity index (χ1v) is 9.42. The summed E-state index contributed by atoms with van der Waals surface area (Å²) in [6, 6.07) is 7.72. The third-order valence-electron chi connectivity index (χ3n) is 4.03. The van der Waals surface area contributed by atoms with Crippen molar-refractivity contribution in [2.24, 2.45) is 0 Å². The maximum atomic E-state index is 13.2. The minimum absolute atomic E-state index is 0.304. The molecule has 1 aromatic heterocycles. The lowest BCUT2D eigenvalue weighted by Gasteiger charge is -2.28. The van der Waals surface area contributed by atoms with Gasteiger partial charge in [0.1, 0.15) is 23.3 Å². The van der Waals surface area contributed by atoms with Crippen LogP contribution in [0.25, 0.3) is 11.3 Å². The lowest BCUT2D eigenvalue weighted by Crippen LogP contribution is -2.47. The van der Waals surface area contributed by atoms with Gasteiger partial charge in [-0.3, -0.25) is 0 Å². The van der Waals surface area contributed by atoms with Gasteiger partial charge in [0, 0.05) is 11.1 Å². The fourth-order valence-corrected chi connectivity index (χ4v) is 3.68. The molecule has 0 amide bonds. The number of aromatic nitrogens is 1. The summed E-state index contributed by atoms with van der Waals surface area (Å²) in [6.45, 7) is 7.94. The van der Waals surface area contributed by atoms with E-state index in [1.165, 1.54) is 12.1 Å². The Bertz CT molecular complexity index is 836. The molecule has 0 bridgehead atoms. The molecule has 1 aliphatic heterocycles. The second kappa shape index (κ2) is 6.34. The van der Waals surface area contributed by atoms with Crippen molar-refractivity contribution in [1.29, 1.82) is 0 Å². The first-order chi connectivity index (χ1) is 11.6. The molecule has 0 radical (unpaired) electrons. The molecule has 0 aliphatic carbocycles. The number of ether oxygens (including phenoxy) is 1. The van der Waals surface area contributed by atoms with E-state index in [4.69, 9.17) is 16.3 Å². The third-order valence-corrected chi connectivity index (χ3v) is 5.98. The van der Waals surface area contributed by atoms with Crippen LogP contribution in [0.2, 0.25) is 5.15 Å². The van der Waals surface area contributed by atoms with E-state index in [-0.39, 0.29) is 5.82 Å². The summed E-state index contributed by atoms with van der Waals surface area (Å²) in [7, 11) is -1.28. The molecule has 7 heteroatoms. The van der Waals surface area contributed by atoms with Crippen LogP contribution in [0.5, 0.6) is 5.75 Å². The molecule has 134 valence electrons. The Labute approximate surface area is 154 Å². The second-order valence-electron chi connectivity index (χ2n) is 7.28. The number of fused-ring (bicyclic) bond motifs is 1. The molecule has 1 aromatic carbocycles. The maximum Gasteiger partial charge on any atom is 0.151 e. The summed E-state index contributed by atoms with van der Waals surface area (Å²) in [5.74, 6) is 0.257. The third kappa shape index (κ3) is 3.57. The van der Waals surface area contributed by atoms with Crippen LogP contribution >= 0.6 is 11.6 Å². The Balaban J connectivity index is 2.06. The van der Waals surface area contributed by atoms with Crippen molar-refractivity contribution in [2.45, 2.75) is 38.0 Å². The number of hydrogen-bond acceptors (Lipinski definition) is 3. The Morgan fingerprint density at radius 1 is 1.32 bits per heavy atom. The van der Waals surface area contributed by atoms with Crippen LogP contribution in [0.3, 0.4) is 0 Å². The van der Waals surface area contributed by atoms with Crippen LogP contribution in [0.1, 0.15) is 33.3 Å². The molecule has 0 saturated carbocycles. The van der Waals surface area contributed by atoms with Gasteiger partial charge in [0.05, 0.1) is 21.3 Å². The van der Waals surface area contributed by atoms with Crippen LogP contribution in [0.4, 0.5) is 4.39 Å². The first-order valence-electron chi connectivity index (χ1n) is 7.90. The van der Waals surface area contributed by atoms with Crippen molar-refractivity contribution in [3.8, 4) is 17.0 Å². The van der Waals surface area contributed by atoms with E-state index in [1.807, 2.05) is 27.7 Å². The molecule has 0 spiro atoms. The summed E-state index contributed by atoms with van der Waals surface area (Å²) in [5.41, 5.74) is 1.40. The Morgan fingerprint density at radius 2 is 1.96 bits per heavy atom. The predicted molar refractivity (Wildman–Crippen MR) is 98.5 cm³/mol. The van der Waals surface area contributed by atoms with Crippen molar-refractivity contribution in [2.75, 3.05) is 6.61 Å². The zero-order chi connectivity index (χ0) is 18.4. The van der Waals surface area contributed by atoms with Crippen LogP contribution in [-0.2, 0) is 16.5 Å². The summed E-state index contributed by atoms with van der Waals surface area (Å²) in [6.07, 6.45) is 0. The van der Waals surface area contributed by atoms with E-state index >= 15 is 0 Å². The minimum Gasteiger partial charge on any atom is -0.489 e. The molecule has 2 heterocycles. The normalized spacial score (nSPS) is 20.9. The molecular formula is C18H20ClFN2O2S. The van der Waals surface area contributed by atoms with Crippen LogP contribution in [-0.4, -0.2) is 20.5 Å². The quantitative estimate of drug-likeness (QED) is 0.809. The molecule has 3 rings (SSSR count). The fourth-order valence-electron chi connectivity index (χ4n) is 2.60. The Kier molecular flexibility index (Phi) is 4.64. The highest BCUT2D eigenvalue weighted by Crippen LogP contribution is 2.44. The van der Waals surface area contributed by atoms with Crippen molar-refractivity contribution >= 4 is 22.6 Å². The predicted octanol–water partition coefficient (Wildman–Crippen LogP) is 4.20. The summed E-state index contributed by atoms with van der Waals surface area (Å²) in [5, 5.41) is 0.304. The molecule has 2 aromatic rings. The zero-order valence-electron chi connectivity index (χ0n) is 14.5. The standard InChI is InChI=1S/C18H20ClFN2O2S/c1-17(2,3)25(23)22-18(4)10-24-16-13(18)9-14(19)21-15(16)11-5-7-12(20)8-6-11/h5-9,22H,10H2,1-4H3/t18-,25+/m0/s1. The Hall–Kier alpha value is -1.50. The SMILES string of the molecule is CC(C)(C)[S@@](=O)N[C@@]1(C)COc2c1cc(Cl)nc2-c1ccc(F)cc1. The van der Waals surface area contributed by atoms with Gasteiger partial charge in [-0.15, -0.1) is 0 Å². The highest BCUT2D eigenvalue weighted by Gasteiger charge is 2.41. The number of nitrogens with one attached hydrogen (secondary N) is 1. The zero-order valence-corrected chi connectivity index (χ0v) is 16.1. The number of rotatable bonds is 3. The average molecular weight is 383 g/mol. The number of benzene rings is 1. The molecule has 25 heavy (non-hydrogen) atoms. The summed E-state index contributed by atoms with van der Waals surface area (Å²) in [4.78, 5) is 4.35. The van der Waals surface area contributed by atoms with Gasteiger partial charge in [0.2, 0.25) is 0 Å². The van der Waals surface area contributed by atoms with Crippen molar-refractivity contribution in [3.63, 3.8) is 0 Å². The molecule has 0 unspecified atom stereocenters. The highest BCUT2D eigenvalue weighted by molar-refractivity contribution is 7.84. The fraction of sp³-hybridized carbons (Fsp3) is 0.389. The first kappa shape index (κ1) is 18.3. The van der Waals surface area contributed by atoms with Gasteiger partial charge in [-0.2, -0.15) is 0 Å². The van der Waals surface area contributed by atoms with E-state index in [9.17, 15) is 8.60 Å². The van der Waals surface area contributed by atoms with Gasteiger partial charge in [0.25, 0.3) is 0 Å². The highest BCUT2D eigenvalue weighted by atomic mass is 35.5. The number of pyridine rings is 1. The van der Waals surface area contributed by atoms with Gasteiger partial charge < -0.3 is 4.74 Å². The van der Waals surface area contributed by atoms with E-state index in [2.05, 4.69) is 9.71 Å². The van der Waals surface area contributed by atoms with Gasteiger partial charge in [-0.05, 0) is 58.0 Å². The molecular weight excluding hydrogens is 363 g/mol. The van der Waals surface area contributed by atoms with E-state index in [0.29, 0.717) is 28.8 Å². The van der Waals surface area contributed by atoms with E-state index < -0.39 is 21.3 Å². The molecule has 1 aliphatic rings. The van der Waals surface area contributed by atoms with Gasteiger partial charge in [-0.25, -0.2) is 18.3 Å². The topological polar surface area (TPSA) is 51.2 Å². The smallest absolute Gasteiger partial charge is 0.151 e. The maximum absolute atomic E-state index is 13.2. The number of hydrogen-bond donors (Lipinski definition) is 1. The lowest BCUT2D eigenvalue weighted by atomic mass is 9.95. The lowest BCUT2D eigenvalue weighted by molar-refractivity contribution is 0.269. The number of nitrogens with zero attached hydrogens (tertiary/aromatic N) is 1. The minimum atomic E-state index is -1.28. The largest absolute Gasteiger partial charge is 0.489 e.